The van der Waals surface area contributed by atoms with Crippen molar-refractivity contribution in [2.24, 2.45) is 0 Å². The maximum absolute atomic E-state index is 12.9. The molecule has 0 N–H and O–H groups in total. The number of hydrogen-bond donors (Lipinski definition) is 0. The van der Waals surface area contributed by atoms with Gasteiger partial charge in [-0.25, -0.2) is 9.97 Å². The zero-order chi connectivity index (χ0) is 19.1. The van der Waals surface area contributed by atoms with Crippen molar-refractivity contribution in [2.75, 3.05) is 19.1 Å². The van der Waals surface area contributed by atoms with Crippen LogP contribution in [0.4, 0.5) is 5.82 Å². The maximum Gasteiger partial charge on any atom is 0.262 e. The molecule has 0 bridgehead atoms. The third-order valence-corrected chi connectivity index (χ3v) is 5.23. The molecule has 8 heteroatoms. The smallest absolute Gasteiger partial charge is 0.262 e. The highest BCUT2D eigenvalue weighted by Gasteiger charge is 2.33. The van der Waals surface area contributed by atoms with E-state index in [0.717, 1.165) is 27.5 Å². The van der Waals surface area contributed by atoms with Crippen molar-refractivity contribution in [1.29, 1.82) is 0 Å². The van der Waals surface area contributed by atoms with Gasteiger partial charge in [0.15, 0.2) is 5.75 Å². The van der Waals surface area contributed by atoms with Crippen LogP contribution in [0.1, 0.15) is 26.6 Å². The van der Waals surface area contributed by atoms with E-state index >= 15 is 0 Å². The van der Waals surface area contributed by atoms with Crippen molar-refractivity contribution in [1.82, 2.24) is 15.0 Å². The second-order valence-corrected chi connectivity index (χ2v) is 7.26. The molecule has 0 radical (unpaired) electrons. The average Bonchev–Trinajstić information content (AvgIpc) is 3.24. The van der Waals surface area contributed by atoms with Crippen LogP contribution in [-0.2, 0) is 6.54 Å². The van der Waals surface area contributed by atoms with Gasteiger partial charge in [-0.2, -0.15) is 0 Å². The fourth-order valence-electron chi connectivity index (χ4n) is 3.18. The van der Waals surface area contributed by atoms with Crippen LogP contribution in [0.5, 0.6) is 11.6 Å². The lowest BCUT2D eigenvalue weighted by Gasteiger charge is -2.11. The van der Waals surface area contributed by atoms with E-state index < -0.39 is 0 Å². The largest absolute Gasteiger partial charge is 0.491 e. The van der Waals surface area contributed by atoms with Crippen molar-refractivity contribution in [3.8, 4) is 22.9 Å². The molecular formula is C19H18N4O3S. The van der Waals surface area contributed by atoms with Gasteiger partial charge in [0.1, 0.15) is 5.82 Å². The first kappa shape index (κ1) is 17.4. The molecule has 0 saturated carbocycles. The van der Waals surface area contributed by atoms with Crippen molar-refractivity contribution in [2.45, 2.75) is 20.4 Å². The standard InChI is InChI=1S/C19H18N4O3S/c1-10-5-13(12-6-15(25-3)18(26-4)20-7-12)22-14-8-23(19(24)17(10)14)16-9-27-11(2)21-16/h5-7,9H,8H2,1-4H3. The zero-order valence-corrected chi connectivity index (χ0v) is 16.3. The number of aromatic nitrogens is 3. The molecule has 1 aliphatic heterocycles. The molecule has 0 aromatic carbocycles. The maximum atomic E-state index is 12.9. The average molecular weight is 382 g/mol. The van der Waals surface area contributed by atoms with Gasteiger partial charge in [0.05, 0.1) is 42.7 Å². The topological polar surface area (TPSA) is 77.4 Å². The third kappa shape index (κ3) is 2.91. The van der Waals surface area contributed by atoms with Crippen molar-refractivity contribution < 1.29 is 14.3 Å². The molecule has 0 saturated heterocycles. The number of carbonyl (C=O) groups excluding carboxylic acids is 1. The van der Waals surface area contributed by atoms with Gasteiger partial charge in [-0.05, 0) is 31.5 Å². The zero-order valence-electron chi connectivity index (χ0n) is 15.4. The van der Waals surface area contributed by atoms with E-state index in [1.807, 2.05) is 31.4 Å². The number of ether oxygens (including phenoxy) is 2. The van der Waals surface area contributed by atoms with E-state index in [1.54, 1.807) is 25.3 Å². The number of amides is 1. The molecule has 0 unspecified atom stereocenters. The third-order valence-electron chi connectivity index (χ3n) is 4.47. The quantitative estimate of drug-likeness (QED) is 0.688. The number of fused-ring (bicyclic) bond motifs is 1. The molecule has 138 valence electrons. The van der Waals surface area contributed by atoms with Crippen LogP contribution in [0.15, 0.2) is 23.7 Å². The van der Waals surface area contributed by atoms with E-state index in [-0.39, 0.29) is 5.91 Å². The molecule has 3 aromatic rings. The number of carbonyl (C=O) groups is 1. The minimum absolute atomic E-state index is 0.0581. The minimum atomic E-state index is -0.0581. The van der Waals surface area contributed by atoms with Gasteiger partial charge >= 0.3 is 0 Å². The lowest BCUT2D eigenvalue weighted by molar-refractivity contribution is 0.0995. The highest BCUT2D eigenvalue weighted by atomic mass is 32.1. The Morgan fingerprint density at radius 2 is 1.96 bits per heavy atom. The van der Waals surface area contributed by atoms with Crippen LogP contribution in [0.3, 0.4) is 0 Å². The number of hydrogen-bond acceptors (Lipinski definition) is 7. The van der Waals surface area contributed by atoms with Crippen molar-refractivity contribution >= 4 is 23.1 Å². The first-order valence-electron chi connectivity index (χ1n) is 8.34. The number of pyridine rings is 2. The Labute approximate surface area is 160 Å². The summed E-state index contributed by atoms with van der Waals surface area (Å²) in [6, 6.07) is 3.73. The summed E-state index contributed by atoms with van der Waals surface area (Å²) in [6.45, 7) is 4.26. The highest BCUT2D eigenvalue weighted by molar-refractivity contribution is 7.09. The number of aryl methyl sites for hydroxylation is 2. The summed E-state index contributed by atoms with van der Waals surface area (Å²) < 4.78 is 10.5. The van der Waals surface area contributed by atoms with Gasteiger partial charge in [-0.3, -0.25) is 14.7 Å². The van der Waals surface area contributed by atoms with Gasteiger partial charge in [0.25, 0.3) is 11.8 Å². The summed E-state index contributed by atoms with van der Waals surface area (Å²) in [4.78, 5) is 28.0. The van der Waals surface area contributed by atoms with Gasteiger partial charge < -0.3 is 9.47 Å². The molecule has 27 heavy (non-hydrogen) atoms. The molecular weight excluding hydrogens is 364 g/mol. The minimum Gasteiger partial charge on any atom is -0.491 e. The van der Waals surface area contributed by atoms with Crippen LogP contribution in [0.2, 0.25) is 0 Å². The summed E-state index contributed by atoms with van der Waals surface area (Å²) in [7, 11) is 3.11. The summed E-state index contributed by atoms with van der Waals surface area (Å²) in [6.07, 6.45) is 1.69. The monoisotopic (exact) mass is 382 g/mol. The molecule has 0 fully saturated rings. The van der Waals surface area contributed by atoms with E-state index in [0.29, 0.717) is 29.6 Å². The van der Waals surface area contributed by atoms with Crippen LogP contribution in [0, 0.1) is 13.8 Å². The number of methoxy groups -OCH3 is 2. The van der Waals surface area contributed by atoms with Crippen molar-refractivity contribution in [3.63, 3.8) is 0 Å². The Balaban J connectivity index is 1.74. The van der Waals surface area contributed by atoms with Crippen LogP contribution in [-0.4, -0.2) is 35.1 Å². The van der Waals surface area contributed by atoms with E-state index in [2.05, 4.69) is 9.97 Å². The molecule has 4 heterocycles. The number of thiazole rings is 1. The highest BCUT2D eigenvalue weighted by Crippen LogP contribution is 2.34. The van der Waals surface area contributed by atoms with Gasteiger partial charge in [-0.1, -0.05) is 0 Å². The predicted molar refractivity (Wildman–Crippen MR) is 103 cm³/mol. The van der Waals surface area contributed by atoms with Gasteiger partial charge in [0, 0.05) is 17.1 Å². The second-order valence-electron chi connectivity index (χ2n) is 6.20. The second kappa shape index (κ2) is 6.62. The number of rotatable bonds is 4. The van der Waals surface area contributed by atoms with Gasteiger partial charge in [0.2, 0.25) is 0 Å². The van der Waals surface area contributed by atoms with E-state index in [9.17, 15) is 4.79 Å². The Bertz CT molecular complexity index is 1050. The number of anilines is 1. The lowest BCUT2D eigenvalue weighted by Crippen LogP contribution is -2.23. The molecule has 0 atom stereocenters. The molecule has 4 rings (SSSR count). The molecule has 1 amide bonds. The number of nitrogens with zero attached hydrogens (tertiary/aromatic N) is 4. The molecule has 3 aromatic heterocycles. The fourth-order valence-corrected chi connectivity index (χ4v) is 3.78. The van der Waals surface area contributed by atoms with Crippen LogP contribution in [0.25, 0.3) is 11.3 Å². The van der Waals surface area contributed by atoms with Crippen molar-refractivity contribution in [3.05, 3.63) is 45.5 Å². The van der Waals surface area contributed by atoms with E-state index in [4.69, 9.17) is 14.5 Å². The summed E-state index contributed by atoms with van der Waals surface area (Å²) in [5.74, 6) is 1.57. The first-order valence-corrected chi connectivity index (χ1v) is 9.22. The lowest BCUT2D eigenvalue weighted by atomic mass is 10.1. The van der Waals surface area contributed by atoms with Crippen LogP contribution < -0.4 is 14.4 Å². The summed E-state index contributed by atoms with van der Waals surface area (Å²) in [5, 5.41) is 2.82. The Morgan fingerprint density at radius 3 is 2.63 bits per heavy atom. The fraction of sp³-hybridized carbons (Fsp3) is 0.263. The molecule has 0 aliphatic carbocycles. The molecule has 7 nitrogen and oxygen atoms in total. The van der Waals surface area contributed by atoms with Crippen LogP contribution >= 0.6 is 11.3 Å². The SMILES string of the molecule is COc1cc(-c2cc(C)c3c(n2)CN(c2csc(C)n2)C3=O)cnc1OC. The Kier molecular flexibility index (Phi) is 4.27. The Morgan fingerprint density at radius 1 is 1.15 bits per heavy atom. The summed E-state index contributed by atoms with van der Waals surface area (Å²) in [5.41, 5.74) is 3.82. The van der Waals surface area contributed by atoms with E-state index in [1.165, 1.54) is 11.3 Å². The normalized spacial score (nSPS) is 13.0. The van der Waals surface area contributed by atoms with Gasteiger partial charge in [-0.15, -0.1) is 11.3 Å². The summed E-state index contributed by atoms with van der Waals surface area (Å²) >= 11 is 1.52. The molecule has 0 spiro atoms. The predicted octanol–water partition coefficient (Wildman–Crippen LogP) is 3.39. The molecule has 1 aliphatic rings. The Hall–Kier alpha value is -3.00. The first-order chi connectivity index (χ1) is 13.0.